The Balaban J connectivity index is 3.11. The summed E-state index contributed by atoms with van der Waals surface area (Å²) < 4.78 is 0. The van der Waals surface area contributed by atoms with Gasteiger partial charge in [0.05, 0.1) is 0 Å². The van der Waals surface area contributed by atoms with Crippen molar-refractivity contribution in [3.05, 3.63) is 12.2 Å². The highest BCUT2D eigenvalue weighted by Crippen LogP contribution is 2.11. The second-order valence-corrected chi connectivity index (χ2v) is 4.30. The molecule has 0 saturated heterocycles. The fourth-order valence-corrected chi connectivity index (χ4v) is 1.66. The quantitative estimate of drug-likeness (QED) is 0.341. The van der Waals surface area contributed by atoms with E-state index in [0.717, 1.165) is 18.6 Å². The number of carbonyl (C=O) groups is 1. The summed E-state index contributed by atoms with van der Waals surface area (Å²) in [6.07, 6.45) is 8.92. The van der Waals surface area contributed by atoms with Crippen molar-refractivity contribution in [2.45, 2.75) is 51.4 Å². The zero-order chi connectivity index (χ0) is 11.5. The Morgan fingerprint density at radius 1 is 1.00 bits per heavy atom. The molecule has 0 atom stereocenters. The molecule has 0 amide bonds. The van der Waals surface area contributed by atoms with E-state index in [-0.39, 0.29) is 0 Å². The standard InChI is InChI=1S/C12H22O2S/c1-11(12(13)14)9-7-5-3-2-4-6-8-10-15/h15H,1-10H2,(H,13,14). The normalized spacial score (nSPS) is 10.2. The molecule has 0 aromatic heterocycles. The molecule has 1 N–H and O–H groups in total. The highest BCUT2D eigenvalue weighted by Gasteiger charge is 2.02. The van der Waals surface area contributed by atoms with Gasteiger partial charge < -0.3 is 5.11 Å². The maximum Gasteiger partial charge on any atom is 0.330 e. The summed E-state index contributed by atoms with van der Waals surface area (Å²) in [5.41, 5.74) is 0.338. The Kier molecular flexibility index (Phi) is 9.79. The first kappa shape index (κ1) is 14.6. The Hall–Kier alpha value is -0.440. The van der Waals surface area contributed by atoms with E-state index in [4.69, 9.17) is 5.11 Å². The largest absolute Gasteiger partial charge is 0.478 e. The lowest BCUT2D eigenvalue weighted by atomic mass is 10.1. The molecule has 0 heterocycles. The second-order valence-electron chi connectivity index (χ2n) is 3.86. The molecule has 0 aliphatic carbocycles. The third-order valence-electron chi connectivity index (χ3n) is 2.44. The predicted molar refractivity (Wildman–Crippen MR) is 67.6 cm³/mol. The van der Waals surface area contributed by atoms with Crippen LogP contribution in [0.5, 0.6) is 0 Å². The fraction of sp³-hybridized carbons (Fsp3) is 0.750. The van der Waals surface area contributed by atoms with Crippen LogP contribution < -0.4 is 0 Å². The maximum absolute atomic E-state index is 10.4. The van der Waals surface area contributed by atoms with Crippen LogP contribution in [0.2, 0.25) is 0 Å². The van der Waals surface area contributed by atoms with Crippen molar-refractivity contribution in [2.75, 3.05) is 5.75 Å². The first-order chi connectivity index (χ1) is 7.18. The topological polar surface area (TPSA) is 37.3 Å². The number of thiol groups is 1. The van der Waals surface area contributed by atoms with E-state index in [9.17, 15) is 4.79 Å². The lowest BCUT2D eigenvalue weighted by Crippen LogP contribution is -1.98. The van der Waals surface area contributed by atoms with Crippen LogP contribution in [-0.2, 0) is 4.79 Å². The summed E-state index contributed by atoms with van der Waals surface area (Å²) in [5.74, 6) is 0.127. The summed E-state index contributed by atoms with van der Waals surface area (Å²) in [5, 5.41) is 8.58. The molecule has 0 fully saturated rings. The van der Waals surface area contributed by atoms with Crippen LogP contribution in [0, 0.1) is 0 Å². The predicted octanol–water partition coefficient (Wildman–Crippen LogP) is 3.68. The highest BCUT2D eigenvalue weighted by atomic mass is 32.1. The lowest BCUT2D eigenvalue weighted by Gasteiger charge is -2.01. The molecule has 0 aliphatic rings. The molecule has 0 aromatic carbocycles. The van der Waals surface area contributed by atoms with Crippen molar-refractivity contribution in [1.82, 2.24) is 0 Å². The zero-order valence-electron chi connectivity index (χ0n) is 9.37. The second kappa shape index (κ2) is 10.1. The Labute approximate surface area is 98.2 Å². The van der Waals surface area contributed by atoms with Gasteiger partial charge in [0.1, 0.15) is 0 Å². The highest BCUT2D eigenvalue weighted by molar-refractivity contribution is 7.80. The van der Waals surface area contributed by atoms with Gasteiger partial charge in [-0.3, -0.25) is 0 Å². The van der Waals surface area contributed by atoms with E-state index in [1.54, 1.807) is 0 Å². The molecule has 3 heteroatoms. The molecular weight excluding hydrogens is 208 g/mol. The van der Waals surface area contributed by atoms with Gasteiger partial charge in [-0.2, -0.15) is 12.6 Å². The molecule has 0 rings (SSSR count). The first-order valence-corrected chi connectivity index (χ1v) is 6.33. The molecule has 0 spiro atoms. The molecule has 0 bridgehead atoms. The maximum atomic E-state index is 10.4. The van der Waals surface area contributed by atoms with Crippen LogP contribution in [0.3, 0.4) is 0 Å². The van der Waals surface area contributed by atoms with Crippen LogP contribution in [-0.4, -0.2) is 16.8 Å². The summed E-state index contributed by atoms with van der Waals surface area (Å²) >= 11 is 4.16. The molecule has 0 radical (unpaired) electrons. The lowest BCUT2D eigenvalue weighted by molar-refractivity contribution is -0.132. The number of hydrogen-bond donors (Lipinski definition) is 2. The van der Waals surface area contributed by atoms with Crippen LogP contribution in [0.15, 0.2) is 12.2 Å². The van der Waals surface area contributed by atoms with Gasteiger partial charge in [-0.1, -0.05) is 38.7 Å². The first-order valence-electron chi connectivity index (χ1n) is 5.70. The van der Waals surface area contributed by atoms with Gasteiger partial charge in [-0.05, 0) is 25.0 Å². The number of carboxylic acid groups (broad SMARTS) is 1. The monoisotopic (exact) mass is 230 g/mol. The molecule has 0 saturated carbocycles. The van der Waals surface area contributed by atoms with E-state index in [1.165, 1.54) is 32.1 Å². The Morgan fingerprint density at radius 2 is 1.47 bits per heavy atom. The van der Waals surface area contributed by atoms with Crippen molar-refractivity contribution in [3.63, 3.8) is 0 Å². The van der Waals surface area contributed by atoms with Crippen LogP contribution >= 0.6 is 12.6 Å². The smallest absolute Gasteiger partial charge is 0.330 e. The van der Waals surface area contributed by atoms with Gasteiger partial charge >= 0.3 is 5.97 Å². The minimum absolute atomic E-state index is 0.338. The summed E-state index contributed by atoms with van der Waals surface area (Å²) in [6.45, 7) is 3.50. The summed E-state index contributed by atoms with van der Waals surface area (Å²) in [4.78, 5) is 10.4. The zero-order valence-corrected chi connectivity index (χ0v) is 10.3. The van der Waals surface area contributed by atoms with E-state index < -0.39 is 5.97 Å². The van der Waals surface area contributed by atoms with E-state index in [2.05, 4.69) is 19.2 Å². The Bertz CT molecular complexity index is 190. The van der Waals surface area contributed by atoms with Crippen molar-refractivity contribution in [1.29, 1.82) is 0 Å². The van der Waals surface area contributed by atoms with Crippen molar-refractivity contribution in [2.24, 2.45) is 0 Å². The van der Waals surface area contributed by atoms with E-state index in [1.807, 2.05) is 0 Å². The van der Waals surface area contributed by atoms with Crippen LogP contribution in [0.25, 0.3) is 0 Å². The van der Waals surface area contributed by atoms with E-state index >= 15 is 0 Å². The molecule has 0 aliphatic heterocycles. The molecule has 15 heavy (non-hydrogen) atoms. The molecule has 0 aromatic rings. The number of aliphatic carboxylic acids is 1. The molecule has 2 nitrogen and oxygen atoms in total. The van der Waals surface area contributed by atoms with Gasteiger partial charge in [-0.15, -0.1) is 0 Å². The number of rotatable bonds is 10. The number of hydrogen-bond acceptors (Lipinski definition) is 2. The van der Waals surface area contributed by atoms with Gasteiger partial charge in [0.15, 0.2) is 0 Å². The summed E-state index contributed by atoms with van der Waals surface area (Å²) in [7, 11) is 0. The average molecular weight is 230 g/mol. The average Bonchev–Trinajstić information content (AvgIpc) is 2.21. The summed E-state index contributed by atoms with van der Waals surface area (Å²) in [6, 6.07) is 0. The van der Waals surface area contributed by atoms with Crippen molar-refractivity contribution < 1.29 is 9.90 Å². The Morgan fingerprint density at radius 3 is 1.93 bits per heavy atom. The minimum atomic E-state index is -0.858. The fourth-order valence-electron chi connectivity index (χ4n) is 1.44. The van der Waals surface area contributed by atoms with Crippen LogP contribution in [0.4, 0.5) is 0 Å². The third kappa shape index (κ3) is 9.85. The van der Waals surface area contributed by atoms with Gasteiger partial charge in [0.2, 0.25) is 0 Å². The number of unbranched alkanes of at least 4 members (excludes halogenated alkanes) is 6. The van der Waals surface area contributed by atoms with Crippen molar-refractivity contribution >= 4 is 18.6 Å². The number of carboxylic acids is 1. The third-order valence-corrected chi connectivity index (χ3v) is 2.76. The van der Waals surface area contributed by atoms with Gasteiger partial charge in [0.25, 0.3) is 0 Å². The molecule has 88 valence electrons. The molecule has 0 unspecified atom stereocenters. The van der Waals surface area contributed by atoms with E-state index in [0.29, 0.717) is 12.0 Å². The van der Waals surface area contributed by atoms with Gasteiger partial charge in [-0.25, -0.2) is 4.79 Å². The van der Waals surface area contributed by atoms with Crippen LogP contribution in [0.1, 0.15) is 51.4 Å². The van der Waals surface area contributed by atoms with Crippen molar-refractivity contribution in [3.8, 4) is 0 Å². The molecular formula is C12H22O2S. The SMILES string of the molecule is C=C(CCCCCCCCCS)C(=O)O. The minimum Gasteiger partial charge on any atom is -0.478 e. The van der Waals surface area contributed by atoms with Gasteiger partial charge in [0, 0.05) is 5.57 Å².